The molecule has 4 heteroatoms. The molecule has 0 aliphatic rings. The number of pyridine rings is 1. The van der Waals surface area contributed by atoms with Crippen LogP contribution < -0.4 is 4.73 Å². The van der Waals surface area contributed by atoms with E-state index < -0.39 is 0 Å². The second kappa shape index (κ2) is 6.19. The van der Waals surface area contributed by atoms with Gasteiger partial charge in [-0.2, -0.15) is 4.73 Å². The average molecular weight is 270 g/mol. The van der Waals surface area contributed by atoms with Gasteiger partial charge >= 0.3 is 0 Å². The maximum Gasteiger partial charge on any atom is 0.254 e. The maximum atomic E-state index is 12.2. The first-order chi connectivity index (χ1) is 9.60. The van der Waals surface area contributed by atoms with Crippen molar-refractivity contribution in [2.24, 2.45) is 0 Å². The molecule has 0 radical (unpaired) electrons. The smallest absolute Gasteiger partial charge is 0.254 e. The van der Waals surface area contributed by atoms with E-state index in [9.17, 15) is 10.0 Å². The van der Waals surface area contributed by atoms with Crippen LogP contribution in [-0.2, 0) is 13.0 Å². The van der Waals surface area contributed by atoms with Crippen LogP contribution >= 0.6 is 0 Å². The molecule has 0 unspecified atom stereocenters. The van der Waals surface area contributed by atoms with Crippen LogP contribution in [0.25, 0.3) is 0 Å². The zero-order chi connectivity index (χ0) is 14.5. The standard InChI is InChI=1S/C16H18N2O2/c1-3-13-4-6-14(7-5-13)12-17(2)16(19)15-8-10-18(20)11-9-15/h4-11H,3,12H2,1-2H3. The molecule has 0 aliphatic carbocycles. The largest absolute Gasteiger partial charge is 0.619 e. The van der Waals surface area contributed by atoms with E-state index in [2.05, 4.69) is 19.1 Å². The molecule has 2 rings (SSSR count). The van der Waals surface area contributed by atoms with Crippen molar-refractivity contribution in [1.29, 1.82) is 0 Å². The van der Waals surface area contributed by atoms with Crippen molar-refractivity contribution < 1.29 is 9.52 Å². The van der Waals surface area contributed by atoms with Crippen molar-refractivity contribution >= 4 is 5.91 Å². The Morgan fingerprint density at radius 3 is 2.20 bits per heavy atom. The second-order valence-corrected chi connectivity index (χ2v) is 4.78. The molecule has 20 heavy (non-hydrogen) atoms. The van der Waals surface area contributed by atoms with Gasteiger partial charge in [0.05, 0.1) is 5.56 Å². The van der Waals surface area contributed by atoms with Crippen LogP contribution in [0.1, 0.15) is 28.4 Å². The number of aromatic nitrogens is 1. The number of carbonyl (C=O) groups excluding carboxylic acids is 1. The molecule has 1 aromatic heterocycles. The van der Waals surface area contributed by atoms with Gasteiger partial charge in [0.1, 0.15) is 0 Å². The lowest BCUT2D eigenvalue weighted by Crippen LogP contribution is -2.29. The minimum absolute atomic E-state index is 0.0924. The number of amides is 1. The number of nitrogens with zero attached hydrogens (tertiary/aromatic N) is 2. The molecule has 0 spiro atoms. The molecule has 0 N–H and O–H groups in total. The highest BCUT2D eigenvalue weighted by Gasteiger charge is 2.12. The molecule has 0 atom stereocenters. The summed E-state index contributed by atoms with van der Waals surface area (Å²) in [4.78, 5) is 13.8. The van der Waals surface area contributed by atoms with Crippen LogP contribution in [0.5, 0.6) is 0 Å². The second-order valence-electron chi connectivity index (χ2n) is 4.78. The summed E-state index contributed by atoms with van der Waals surface area (Å²) in [5, 5.41) is 11.0. The third kappa shape index (κ3) is 3.35. The highest BCUT2D eigenvalue weighted by Crippen LogP contribution is 2.09. The Hall–Kier alpha value is -2.36. The Kier molecular flexibility index (Phi) is 4.35. The summed E-state index contributed by atoms with van der Waals surface area (Å²) in [7, 11) is 1.76. The molecule has 0 fully saturated rings. The number of carbonyl (C=O) groups is 1. The zero-order valence-electron chi connectivity index (χ0n) is 11.7. The molecule has 1 amide bonds. The minimum atomic E-state index is -0.0924. The van der Waals surface area contributed by atoms with Gasteiger partial charge in [-0.15, -0.1) is 0 Å². The molecule has 104 valence electrons. The fraction of sp³-hybridized carbons (Fsp3) is 0.250. The molecular formula is C16H18N2O2. The summed E-state index contributed by atoms with van der Waals surface area (Å²) in [6.45, 7) is 2.66. The van der Waals surface area contributed by atoms with E-state index in [0.29, 0.717) is 16.8 Å². The van der Waals surface area contributed by atoms with E-state index >= 15 is 0 Å². The summed E-state index contributed by atoms with van der Waals surface area (Å²) in [5.74, 6) is -0.0924. The Labute approximate surface area is 118 Å². The summed E-state index contributed by atoms with van der Waals surface area (Å²) in [6.07, 6.45) is 3.67. The summed E-state index contributed by atoms with van der Waals surface area (Å²) >= 11 is 0. The van der Waals surface area contributed by atoms with Crippen LogP contribution in [0.2, 0.25) is 0 Å². The quantitative estimate of drug-likeness (QED) is 0.631. The molecule has 0 aliphatic heterocycles. The third-order valence-electron chi connectivity index (χ3n) is 3.25. The normalized spacial score (nSPS) is 10.3. The maximum absolute atomic E-state index is 12.2. The van der Waals surface area contributed by atoms with Crippen LogP contribution in [0.4, 0.5) is 0 Å². The van der Waals surface area contributed by atoms with E-state index in [1.54, 1.807) is 11.9 Å². The van der Waals surface area contributed by atoms with E-state index in [-0.39, 0.29) is 5.91 Å². The lowest BCUT2D eigenvalue weighted by atomic mass is 10.1. The number of aryl methyl sites for hydroxylation is 1. The van der Waals surface area contributed by atoms with Crippen LogP contribution in [0, 0.1) is 5.21 Å². The molecule has 1 heterocycles. The monoisotopic (exact) mass is 270 g/mol. The third-order valence-corrected chi connectivity index (χ3v) is 3.25. The van der Waals surface area contributed by atoms with Gasteiger partial charge < -0.3 is 10.1 Å². The molecule has 1 aromatic carbocycles. The summed E-state index contributed by atoms with van der Waals surface area (Å²) < 4.78 is 0.667. The van der Waals surface area contributed by atoms with Crippen molar-refractivity contribution in [1.82, 2.24) is 4.90 Å². The Morgan fingerprint density at radius 2 is 1.65 bits per heavy atom. The van der Waals surface area contributed by atoms with Gasteiger partial charge in [0.25, 0.3) is 5.91 Å². The van der Waals surface area contributed by atoms with E-state index in [1.165, 1.54) is 30.1 Å². The Bertz CT molecular complexity index is 576. The molecular weight excluding hydrogens is 252 g/mol. The van der Waals surface area contributed by atoms with Crippen LogP contribution in [0.3, 0.4) is 0 Å². The topological polar surface area (TPSA) is 47.2 Å². The first-order valence-electron chi connectivity index (χ1n) is 6.62. The van der Waals surface area contributed by atoms with Gasteiger partial charge in [0.2, 0.25) is 0 Å². The van der Waals surface area contributed by atoms with Crippen molar-refractivity contribution in [3.8, 4) is 0 Å². The van der Waals surface area contributed by atoms with Crippen molar-refractivity contribution in [2.45, 2.75) is 19.9 Å². The predicted molar refractivity (Wildman–Crippen MR) is 77.0 cm³/mol. The van der Waals surface area contributed by atoms with Crippen LogP contribution in [-0.4, -0.2) is 17.9 Å². The van der Waals surface area contributed by atoms with Gasteiger partial charge in [-0.25, -0.2) is 0 Å². The van der Waals surface area contributed by atoms with Crippen LogP contribution in [0.15, 0.2) is 48.8 Å². The van der Waals surface area contributed by atoms with Crippen molar-refractivity contribution in [2.75, 3.05) is 7.05 Å². The fourth-order valence-electron chi connectivity index (χ4n) is 2.00. The van der Waals surface area contributed by atoms with E-state index in [4.69, 9.17) is 0 Å². The van der Waals surface area contributed by atoms with E-state index in [1.807, 2.05) is 12.1 Å². The molecule has 0 bridgehead atoms. The van der Waals surface area contributed by atoms with Crippen molar-refractivity contribution in [3.05, 3.63) is 70.7 Å². The molecule has 0 saturated carbocycles. The minimum Gasteiger partial charge on any atom is -0.619 e. The van der Waals surface area contributed by atoms with Gasteiger partial charge in [0.15, 0.2) is 12.4 Å². The number of hydrogen-bond acceptors (Lipinski definition) is 2. The fourth-order valence-corrected chi connectivity index (χ4v) is 2.00. The van der Waals surface area contributed by atoms with Gasteiger partial charge in [0, 0.05) is 25.7 Å². The SMILES string of the molecule is CCc1ccc(CN(C)C(=O)c2cc[n+]([O-])cc2)cc1. The van der Waals surface area contributed by atoms with E-state index in [0.717, 1.165) is 12.0 Å². The summed E-state index contributed by atoms with van der Waals surface area (Å²) in [6, 6.07) is 11.3. The molecule has 0 saturated heterocycles. The lowest BCUT2D eigenvalue weighted by Gasteiger charge is -2.17. The first-order valence-corrected chi connectivity index (χ1v) is 6.62. The highest BCUT2D eigenvalue weighted by atomic mass is 16.5. The molecule has 2 aromatic rings. The molecule has 4 nitrogen and oxygen atoms in total. The number of hydrogen-bond donors (Lipinski definition) is 0. The van der Waals surface area contributed by atoms with Crippen molar-refractivity contribution in [3.63, 3.8) is 0 Å². The Morgan fingerprint density at radius 1 is 1.10 bits per heavy atom. The first kappa shape index (κ1) is 14.1. The predicted octanol–water partition coefficient (Wildman–Crippen LogP) is 2.15. The highest BCUT2D eigenvalue weighted by molar-refractivity contribution is 5.93. The van der Waals surface area contributed by atoms with Gasteiger partial charge in [-0.3, -0.25) is 4.79 Å². The lowest BCUT2D eigenvalue weighted by molar-refractivity contribution is -0.605. The summed E-state index contributed by atoms with van der Waals surface area (Å²) in [5.41, 5.74) is 2.89. The average Bonchev–Trinajstić information content (AvgIpc) is 2.48. The van der Waals surface area contributed by atoms with Gasteiger partial charge in [-0.1, -0.05) is 31.2 Å². The zero-order valence-corrected chi connectivity index (χ0v) is 11.7. The number of benzene rings is 1. The number of rotatable bonds is 4. The Balaban J connectivity index is 2.04. The van der Waals surface area contributed by atoms with Gasteiger partial charge in [-0.05, 0) is 17.5 Å².